The van der Waals surface area contributed by atoms with Gasteiger partial charge >= 0.3 is 6.09 Å². The molecule has 4 heterocycles. The Morgan fingerprint density at radius 2 is 1.64 bits per heavy atom. The molecule has 268 valence electrons. The summed E-state index contributed by atoms with van der Waals surface area (Å²) in [7, 11) is 0. The fourth-order valence-electron chi connectivity index (χ4n) is 7.50. The van der Waals surface area contributed by atoms with Crippen LogP contribution in [0.5, 0.6) is 0 Å². The summed E-state index contributed by atoms with van der Waals surface area (Å²) < 4.78 is 20.4. The van der Waals surface area contributed by atoms with Gasteiger partial charge in [-0.05, 0) is 101 Å². The van der Waals surface area contributed by atoms with Crippen LogP contribution in [0, 0.1) is 5.92 Å². The first kappa shape index (κ1) is 36.5. The summed E-state index contributed by atoms with van der Waals surface area (Å²) in [5.74, 6) is -0.614. The van der Waals surface area contributed by atoms with Crippen LogP contribution in [0.2, 0.25) is 10.0 Å². The first-order chi connectivity index (χ1) is 23.5. The maximum Gasteiger partial charge on any atom is 0.408 e. The van der Waals surface area contributed by atoms with Crippen molar-refractivity contribution in [1.29, 1.82) is 0 Å². The molecule has 0 bridgehead atoms. The van der Waals surface area contributed by atoms with Crippen molar-refractivity contribution >= 4 is 58.0 Å². The van der Waals surface area contributed by atoms with Crippen LogP contribution < -0.4 is 5.32 Å². The molecule has 0 aliphatic carbocycles. The number of nitrogens with one attached hydrogen (secondary N) is 1. The standard InChI is InChI=1S/C37H44Cl2FN5O4S/c1-20(2)29-30(50-34-42-37(7,23-11-15-25(39)16-12-23)31(45(29)34)22-9-13-24(38)14-10-22)33(47)44-21(3)8-17-28(44)32(46)43-18-26(40)27(19-43)41-35(48)49-36(4,5)6/h9-16,20-21,26-28,31H,8,17-19H2,1-7H3,(H,41,48)/t21-,26+,27+,28+,31-,37+/m1/s1. The second kappa shape index (κ2) is 13.7. The highest BCUT2D eigenvalue weighted by molar-refractivity contribution is 8.18. The molecule has 6 atom stereocenters. The van der Waals surface area contributed by atoms with Crippen molar-refractivity contribution in [2.45, 2.75) is 103 Å². The highest BCUT2D eigenvalue weighted by atomic mass is 35.5. The number of benzene rings is 2. The summed E-state index contributed by atoms with van der Waals surface area (Å²) >= 11 is 13.9. The Morgan fingerprint density at radius 1 is 1.02 bits per heavy atom. The lowest BCUT2D eigenvalue weighted by molar-refractivity contribution is -0.142. The van der Waals surface area contributed by atoms with Crippen molar-refractivity contribution in [3.8, 4) is 0 Å². The molecule has 0 aromatic heterocycles. The molecule has 1 N–H and O–H groups in total. The van der Waals surface area contributed by atoms with Crippen molar-refractivity contribution in [1.82, 2.24) is 20.0 Å². The number of likely N-dealkylation sites (tertiary alicyclic amines) is 2. The molecule has 0 unspecified atom stereocenters. The molecule has 9 nitrogen and oxygen atoms in total. The number of alkyl halides is 1. The highest BCUT2D eigenvalue weighted by Gasteiger charge is 2.54. The summed E-state index contributed by atoms with van der Waals surface area (Å²) in [6.07, 6.45) is -1.09. The number of hydrogen-bond donors (Lipinski definition) is 1. The average Bonchev–Trinajstić information content (AvgIpc) is 3.77. The largest absolute Gasteiger partial charge is 0.444 e. The van der Waals surface area contributed by atoms with Crippen LogP contribution in [0.3, 0.4) is 0 Å². The number of amides is 3. The van der Waals surface area contributed by atoms with Gasteiger partial charge in [0.25, 0.3) is 5.91 Å². The van der Waals surface area contributed by atoms with Gasteiger partial charge in [0.15, 0.2) is 5.17 Å². The van der Waals surface area contributed by atoms with Crippen LogP contribution >= 0.6 is 35.0 Å². The van der Waals surface area contributed by atoms with Crippen molar-refractivity contribution in [3.63, 3.8) is 0 Å². The second-order valence-corrected chi connectivity index (χ2v) is 16.9. The predicted molar refractivity (Wildman–Crippen MR) is 196 cm³/mol. The van der Waals surface area contributed by atoms with Crippen molar-refractivity contribution in [3.05, 3.63) is 80.3 Å². The zero-order valence-electron chi connectivity index (χ0n) is 29.4. The molecule has 3 amide bonds. The minimum absolute atomic E-state index is 0.00250. The normalized spacial score (nSPS) is 28.0. The Balaban J connectivity index is 1.30. The minimum atomic E-state index is -1.46. The molecule has 13 heteroatoms. The molecular weight excluding hydrogens is 700 g/mol. The zero-order valence-corrected chi connectivity index (χ0v) is 31.7. The van der Waals surface area contributed by atoms with E-state index < -0.39 is 35.5 Å². The van der Waals surface area contributed by atoms with E-state index in [0.717, 1.165) is 16.8 Å². The van der Waals surface area contributed by atoms with E-state index in [1.54, 1.807) is 25.7 Å². The summed E-state index contributed by atoms with van der Waals surface area (Å²) in [6, 6.07) is 13.3. The zero-order chi connectivity index (χ0) is 36.3. The van der Waals surface area contributed by atoms with Gasteiger partial charge in [0.1, 0.15) is 28.3 Å². The van der Waals surface area contributed by atoms with E-state index in [1.807, 2.05) is 55.5 Å². The summed E-state index contributed by atoms with van der Waals surface area (Å²) in [5.41, 5.74) is 1.36. The number of alkyl carbamates (subject to hydrolysis) is 1. The molecule has 4 aliphatic rings. The number of amidine groups is 1. The minimum Gasteiger partial charge on any atom is -0.444 e. The van der Waals surface area contributed by atoms with Gasteiger partial charge < -0.3 is 24.8 Å². The molecule has 50 heavy (non-hydrogen) atoms. The molecule has 2 saturated heterocycles. The van der Waals surface area contributed by atoms with Crippen molar-refractivity contribution < 1.29 is 23.5 Å². The van der Waals surface area contributed by atoms with E-state index in [1.165, 1.54) is 16.7 Å². The Hall–Kier alpha value is -3.28. The molecular formula is C37H44Cl2FN5O4S. The number of ether oxygens (including phenoxy) is 1. The van der Waals surface area contributed by atoms with E-state index in [0.29, 0.717) is 33.0 Å². The van der Waals surface area contributed by atoms with Crippen LogP contribution in [0.15, 0.2) is 64.1 Å². The van der Waals surface area contributed by atoms with E-state index in [9.17, 15) is 14.4 Å². The van der Waals surface area contributed by atoms with Gasteiger partial charge in [-0.1, -0.05) is 61.3 Å². The SMILES string of the molecule is CC(C)C1=C(C(=O)N2[C@H](C)CC[C@H]2C(=O)N2C[C@H](NC(=O)OC(C)(C)C)[C@@H](F)C2)SC2=N[C@@](C)(c3ccc(Cl)cc3)[C@@H](c3ccc(Cl)cc3)N21. The first-order valence-corrected chi connectivity index (χ1v) is 18.6. The summed E-state index contributed by atoms with van der Waals surface area (Å²) in [4.78, 5) is 52.2. The quantitative estimate of drug-likeness (QED) is 0.326. The maximum absolute atomic E-state index is 15.1. The third-order valence-electron chi connectivity index (χ3n) is 9.82. The predicted octanol–water partition coefficient (Wildman–Crippen LogP) is 7.69. The van der Waals surface area contributed by atoms with Crippen molar-refractivity contribution in [2.75, 3.05) is 13.1 Å². The average molecular weight is 745 g/mol. The topological polar surface area (TPSA) is 94.5 Å². The van der Waals surface area contributed by atoms with Crippen molar-refractivity contribution in [2.24, 2.45) is 10.9 Å². The van der Waals surface area contributed by atoms with Gasteiger partial charge in [0.05, 0.1) is 18.6 Å². The Labute approximate surface area is 307 Å². The smallest absolute Gasteiger partial charge is 0.408 e. The molecule has 2 aromatic rings. The number of aliphatic imine (C=N–C) groups is 1. The number of carbonyl (C=O) groups is 3. The molecule has 2 aromatic carbocycles. The second-order valence-electron chi connectivity index (χ2n) is 15.0. The van der Waals surface area contributed by atoms with Crippen LogP contribution in [-0.2, 0) is 19.9 Å². The number of nitrogens with zero attached hydrogens (tertiary/aromatic N) is 4. The summed E-state index contributed by atoms with van der Waals surface area (Å²) in [6.45, 7) is 13.2. The molecule has 6 rings (SSSR count). The van der Waals surface area contributed by atoms with E-state index in [4.69, 9.17) is 32.9 Å². The van der Waals surface area contributed by atoms with Gasteiger partial charge in [-0.3, -0.25) is 9.59 Å². The number of halogens is 3. The molecule has 0 spiro atoms. The summed E-state index contributed by atoms with van der Waals surface area (Å²) in [5, 5.41) is 4.54. The number of hydrogen-bond acceptors (Lipinski definition) is 7. The van der Waals surface area contributed by atoms with Crippen LogP contribution in [-0.4, -0.2) is 80.8 Å². The fourth-order valence-corrected chi connectivity index (χ4v) is 9.10. The monoisotopic (exact) mass is 743 g/mol. The van der Waals surface area contributed by atoms with Crippen LogP contribution in [0.1, 0.15) is 78.5 Å². The number of allylic oxidation sites excluding steroid dienone is 1. The Bertz CT molecular complexity index is 1730. The Morgan fingerprint density at radius 3 is 2.24 bits per heavy atom. The molecule has 4 aliphatic heterocycles. The fraction of sp³-hybridized carbons (Fsp3) is 0.514. The Kier molecular flexibility index (Phi) is 10.00. The van der Waals surface area contributed by atoms with Crippen LogP contribution in [0.25, 0.3) is 0 Å². The number of thioether (sulfide) groups is 1. The first-order valence-electron chi connectivity index (χ1n) is 17.1. The highest BCUT2D eigenvalue weighted by Crippen LogP contribution is 2.56. The van der Waals surface area contributed by atoms with Gasteiger partial charge in [0, 0.05) is 28.3 Å². The van der Waals surface area contributed by atoms with Gasteiger partial charge in [0.2, 0.25) is 5.91 Å². The third kappa shape index (κ3) is 6.85. The molecule has 0 saturated carbocycles. The molecule has 2 fully saturated rings. The van der Waals surface area contributed by atoms with E-state index >= 15 is 4.39 Å². The maximum atomic E-state index is 15.1. The number of rotatable bonds is 6. The van der Waals surface area contributed by atoms with Gasteiger partial charge in [-0.25, -0.2) is 14.2 Å². The van der Waals surface area contributed by atoms with E-state index in [-0.39, 0.29) is 42.9 Å². The third-order valence-corrected chi connectivity index (χ3v) is 11.4. The number of fused-ring (bicyclic) bond motifs is 1. The van der Waals surface area contributed by atoms with Gasteiger partial charge in [-0.15, -0.1) is 0 Å². The lowest BCUT2D eigenvalue weighted by Gasteiger charge is -2.37. The number of carbonyl (C=O) groups excluding carboxylic acids is 3. The van der Waals surface area contributed by atoms with Gasteiger partial charge in [-0.2, -0.15) is 0 Å². The van der Waals surface area contributed by atoms with E-state index in [2.05, 4.69) is 31.0 Å². The lowest BCUT2D eigenvalue weighted by Crippen LogP contribution is -2.50. The van der Waals surface area contributed by atoms with Crippen LogP contribution in [0.4, 0.5) is 9.18 Å². The lowest BCUT2D eigenvalue weighted by atomic mass is 9.81. The molecule has 0 radical (unpaired) electrons.